The molecule has 1 aromatic heterocycles. The highest BCUT2D eigenvalue weighted by molar-refractivity contribution is 8.01. The molecular weight excluding hydrogens is 432 g/mol. The predicted octanol–water partition coefficient (Wildman–Crippen LogP) is 7.02. The van der Waals surface area contributed by atoms with Crippen LogP contribution < -0.4 is 5.32 Å². The summed E-state index contributed by atoms with van der Waals surface area (Å²) in [6.45, 7) is 8.00. The molecule has 0 atom stereocenters. The van der Waals surface area contributed by atoms with Crippen molar-refractivity contribution in [2.24, 2.45) is 0 Å². The Bertz CT molecular complexity index is 1010. The number of carbonyl (C=O) groups is 1. The molecule has 3 aromatic rings. The smallest absolute Gasteiger partial charge is 0.408 e. The van der Waals surface area contributed by atoms with E-state index in [0.717, 1.165) is 9.22 Å². The zero-order valence-corrected chi connectivity index (χ0v) is 20.3. The zero-order valence-electron chi connectivity index (χ0n) is 17.8. The summed E-state index contributed by atoms with van der Waals surface area (Å²) in [5.74, 6) is 0. The highest BCUT2D eigenvalue weighted by Gasteiger charge is 2.16. The van der Waals surface area contributed by atoms with E-state index in [1.807, 2.05) is 27.0 Å². The first kappa shape index (κ1) is 22.7. The summed E-state index contributed by atoms with van der Waals surface area (Å²) in [7, 11) is 0. The Hall–Kier alpha value is -1.96. The van der Waals surface area contributed by atoms with Crippen molar-refractivity contribution in [3.8, 4) is 11.1 Å². The fraction of sp³-hybridized carbons (Fsp3) is 0.304. The monoisotopic (exact) mass is 458 g/mol. The minimum atomic E-state index is -0.508. The zero-order chi connectivity index (χ0) is 21.7. The van der Waals surface area contributed by atoms with Crippen LogP contribution in [-0.4, -0.2) is 22.9 Å². The lowest BCUT2D eigenvalue weighted by molar-refractivity contribution is 0.0523. The molecule has 0 fully saturated rings. The van der Waals surface area contributed by atoms with Gasteiger partial charge in [-0.05, 0) is 63.3 Å². The van der Waals surface area contributed by atoms with Gasteiger partial charge in [-0.15, -0.1) is 23.1 Å². The van der Waals surface area contributed by atoms with E-state index in [1.54, 1.807) is 34.9 Å². The van der Waals surface area contributed by atoms with Gasteiger partial charge in [-0.3, -0.25) is 0 Å². The number of hydrogen-bond donors (Lipinski definition) is 1. The molecule has 4 nitrogen and oxygen atoms in total. The van der Waals surface area contributed by atoms with E-state index >= 15 is 0 Å². The number of hydrogen-bond acceptors (Lipinski definition) is 6. The van der Waals surface area contributed by atoms with Gasteiger partial charge in [-0.2, -0.15) is 0 Å². The standard InChI is InChI=1S/C23H26N2O2S3/c1-15-6-8-16(9-7-15)18-12-17(10-11-19(18)28-5)29-21-14-24-20(30-21)13-25-22(26)27-23(2,3)4/h6-12,14H,13H2,1-5H3,(H,25,26). The summed E-state index contributed by atoms with van der Waals surface area (Å²) in [6, 6.07) is 15.2. The third-order valence-corrected chi connectivity index (χ3v) is 6.95. The molecule has 158 valence electrons. The highest BCUT2D eigenvalue weighted by Crippen LogP contribution is 2.38. The van der Waals surface area contributed by atoms with E-state index < -0.39 is 11.7 Å². The summed E-state index contributed by atoms with van der Waals surface area (Å²) in [5.41, 5.74) is 3.21. The molecule has 0 aliphatic carbocycles. The lowest BCUT2D eigenvalue weighted by atomic mass is 10.0. The minimum Gasteiger partial charge on any atom is -0.444 e. The van der Waals surface area contributed by atoms with Gasteiger partial charge < -0.3 is 10.1 Å². The third-order valence-electron chi connectivity index (χ3n) is 4.07. The van der Waals surface area contributed by atoms with Crippen molar-refractivity contribution in [1.29, 1.82) is 0 Å². The Morgan fingerprint density at radius 3 is 2.57 bits per heavy atom. The van der Waals surface area contributed by atoms with Crippen LogP contribution in [0.5, 0.6) is 0 Å². The molecule has 2 aromatic carbocycles. The van der Waals surface area contributed by atoms with Crippen LogP contribution in [0.2, 0.25) is 0 Å². The number of rotatable bonds is 6. The Kier molecular flexibility index (Phi) is 7.50. The molecule has 0 unspecified atom stereocenters. The van der Waals surface area contributed by atoms with Gasteiger partial charge in [0.2, 0.25) is 0 Å². The molecule has 0 aliphatic heterocycles. The number of aromatic nitrogens is 1. The number of thioether (sulfide) groups is 1. The number of alkyl carbamates (subject to hydrolysis) is 1. The summed E-state index contributed by atoms with van der Waals surface area (Å²) in [4.78, 5) is 18.7. The van der Waals surface area contributed by atoms with Crippen molar-refractivity contribution in [1.82, 2.24) is 10.3 Å². The van der Waals surface area contributed by atoms with Crippen LogP contribution in [0, 0.1) is 6.92 Å². The van der Waals surface area contributed by atoms with E-state index in [4.69, 9.17) is 4.74 Å². The number of ether oxygens (including phenoxy) is 1. The van der Waals surface area contributed by atoms with Crippen molar-refractivity contribution in [3.05, 3.63) is 59.2 Å². The fourth-order valence-electron chi connectivity index (χ4n) is 2.71. The summed E-state index contributed by atoms with van der Waals surface area (Å²) >= 11 is 5.02. The second kappa shape index (κ2) is 9.90. The van der Waals surface area contributed by atoms with E-state index in [0.29, 0.717) is 6.54 Å². The lowest BCUT2D eigenvalue weighted by Gasteiger charge is -2.19. The molecule has 1 amide bonds. The van der Waals surface area contributed by atoms with Gasteiger partial charge in [-0.1, -0.05) is 41.6 Å². The molecule has 0 saturated heterocycles. The van der Waals surface area contributed by atoms with Crippen LogP contribution in [0.3, 0.4) is 0 Å². The third kappa shape index (κ3) is 6.52. The number of aryl methyl sites for hydroxylation is 1. The van der Waals surface area contributed by atoms with Crippen molar-refractivity contribution in [2.45, 2.75) is 53.8 Å². The topological polar surface area (TPSA) is 51.2 Å². The lowest BCUT2D eigenvalue weighted by Crippen LogP contribution is -2.32. The Morgan fingerprint density at radius 1 is 1.17 bits per heavy atom. The summed E-state index contributed by atoms with van der Waals surface area (Å²) in [6.07, 6.45) is 3.53. The Labute approximate surface area is 190 Å². The SMILES string of the molecule is CSc1ccc(Sc2cnc(CNC(=O)OC(C)(C)C)s2)cc1-c1ccc(C)cc1. The maximum atomic E-state index is 11.8. The Morgan fingerprint density at radius 2 is 1.90 bits per heavy atom. The molecule has 1 heterocycles. The van der Waals surface area contributed by atoms with Gasteiger partial charge >= 0.3 is 6.09 Å². The van der Waals surface area contributed by atoms with Crippen molar-refractivity contribution in [2.75, 3.05) is 6.26 Å². The van der Waals surface area contributed by atoms with Crippen LogP contribution in [-0.2, 0) is 11.3 Å². The van der Waals surface area contributed by atoms with Gasteiger partial charge in [0.25, 0.3) is 0 Å². The van der Waals surface area contributed by atoms with Crippen molar-refractivity contribution in [3.63, 3.8) is 0 Å². The van der Waals surface area contributed by atoms with Crippen LogP contribution in [0.15, 0.2) is 62.7 Å². The molecule has 0 saturated carbocycles. The van der Waals surface area contributed by atoms with Crippen LogP contribution in [0.4, 0.5) is 4.79 Å². The molecule has 0 aliphatic rings. The van der Waals surface area contributed by atoms with Crippen molar-refractivity contribution < 1.29 is 9.53 Å². The molecule has 7 heteroatoms. The highest BCUT2D eigenvalue weighted by atomic mass is 32.2. The molecule has 0 spiro atoms. The Balaban J connectivity index is 1.69. The molecular formula is C23H26N2O2S3. The maximum Gasteiger partial charge on any atom is 0.408 e. The normalized spacial score (nSPS) is 11.4. The minimum absolute atomic E-state index is 0.361. The van der Waals surface area contributed by atoms with Gasteiger partial charge in [-0.25, -0.2) is 9.78 Å². The second-order valence-electron chi connectivity index (χ2n) is 7.76. The first-order chi connectivity index (χ1) is 14.2. The molecule has 30 heavy (non-hydrogen) atoms. The number of nitrogens with one attached hydrogen (secondary N) is 1. The van der Waals surface area contributed by atoms with Crippen LogP contribution in [0.25, 0.3) is 11.1 Å². The number of benzene rings is 2. The van der Waals surface area contributed by atoms with E-state index in [-0.39, 0.29) is 0 Å². The van der Waals surface area contributed by atoms with E-state index in [9.17, 15) is 4.79 Å². The summed E-state index contributed by atoms with van der Waals surface area (Å²) < 4.78 is 6.35. The first-order valence-electron chi connectivity index (χ1n) is 9.58. The summed E-state index contributed by atoms with van der Waals surface area (Å²) in [5, 5.41) is 3.61. The number of amides is 1. The molecule has 0 radical (unpaired) electrons. The van der Waals surface area contributed by atoms with Gasteiger partial charge in [0, 0.05) is 9.79 Å². The number of nitrogens with zero attached hydrogens (tertiary/aromatic N) is 1. The molecule has 1 N–H and O–H groups in total. The van der Waals surface area contributed by atoms with E-state index in [1.165, 1.54) is 26.5 Å². The van der Waals surface area contributed by atoms with Crippen LogP contribution in [0.1, 0.15) is 31.3 Å². The number of carbonyl (C=O) groups excluding carboxylic acids is 1. The average molecular weight is 459 g/mol. The van der Waals surface area contributed by atoms with E-state index in [2.05, 4.69) is 65.9 Å². The van der Waals surface area contributed by atoms with Crippen LogP contribution >= 0.6 is 34.9 Å². The fourth-order valence-corrected chi connectivity index (χ4v) is 5.29. The maximum absolute atomic E-state index is 11.8. The molecule has 0 bridgehead atoms. The average Bonchev–Trinajstić information content (AvgIpc) is 3.13. The number of thiazole rings is 1. The largest absolute Gasteiger partial charge is 0.444 e. The predicted molar refractivity (Wildman–Crippen MR) is 128 cm³/mol. The molecule has 3 rings (SSSR count). The quantitative estimate of drug-likeness (QED) is 0.402. The van der Waals surface area contributed by atoms with Gasteiger partial charge in [0.1, 0.15) is 10.6 Å². The van der Waals surface area contributed by atoms with Crippen molar-refractivity contribution >= 4 is 41.0 Å². The first-order valence-corrected chi connectivity index (χ1v) is 12.4. The van der Waals surface area contributed by atoms with Gasteiger partial charge in [0.15, 0.2) is 0 Å². The second-order valence-corrected chi connectivity index (χ2v) is 11.1. The van der Waals surface area contributed by atoms with Gasteiger partial charge in [0.05, 0.1) is 17.0 Å².